The van der Waals surface area contributed by atoms with Crippen LogP contribution in [-0.4, -0.2) is 21.2 Å². The van der Waals surface area contributed by atoms with Crippen molar-refractivity contribution in [1.82, 2.24) is 0 Å². The summed E-state index contributed by atoms with van der Waals surface area (Å²) in [5, 5.41) is 0. The lowest BCUT2D eigenvalue weighted by Gasteiger charge is -2.19. The number of ether oxygens (including phenoxy) is 1. The molecule has 1 fully saturated rings. The lowest BCUT2D eigenvalue weighted by atomic mass is 10.0. The highest BCUT2D eigenvalue weighted by Gasteiger charge is 2.42. The number of hydrogen-bond donors (Lipinski definition) is 1. The maximum absolute atomic E-state index is 6.21. The van der Waals surface area contributed by atoms with Gasteiger partial charge in [-0.25, -0.2) is 0 Å². The average molecular weight is 206 g/mol. The molecule has 0 atom stereocenters. The Morgan fingerprint density at radius 2 is 2.00 bits per heavy atom. The smallest absolute Gasteiger partial charge is 0.124 e. The Balaban J connectivity index is 2.44. The molecule has 1 aliphatic carbocycles. The van der Waals surface area contributed by atoms with Gasteiger partial charge in [0.2, 0.25) is 0 Å². The fourth-order valence-corrected chi connectivity index (χ4v) is 1.77. The Labute approximate surface area is 90.8 Å². The maximum Gasteiger partial charge on any atom is 0.124 e. The Morgan fingerprint density at radius 3 is 2.47 bits per heavy atom. The van der Waals surface area contributed by atoms with Crippen LogP contribution < -0.4 is 15.4 Å². The lowest BCUT2D eigenvalue weighted by molar-refractivity contribution is 0.404. The molecule has 2 N–H and O–H groups in total. The van der Waals surface area contributed by atoms with Gasteiger partial charge in [-0.3, -0.25) is 0 Å². The number of nitrogens with two attached hydrogens (primary N) is 1. The predicted octanol–water partition coefficient (Wildman–Crippen LogP) is 1.71. The van der Waals surface area contributed by atoms with Gasteiger partial charge >= 0.3 is 0 Å². The fraction of sp³-hybridized carbons (Fsp3) is 0.500. The fourth-order valence-electron chi connectivity index (χ4n) is 1.77. The summed E-state index contributed by atoms with van der Waals surface area (Å²) in [4.78, 5) is 2.08. The van der Waals surface area contributed by atoms with E-state index in [4.69, 9.17) is 10.5 Å². The molecule has 1 aliphatic rings. The van der Waals surface area contributed by atoms with Crippen LogP contribution in [0.25, 0.3) is 0 Å². The zero-order valence-electron chi connectivity index (χ0n) is 9.58. The number of benzene rings is 1. The van der Waals surface area contributed by atoms with E-state index in [9.17, 15) is 0 Å². The first kappa shape index (κ1) is 10.3. The molecule has 0 amide bonds. The third-order valence-electron chi connectivity index (χ3n) is 3.02. The number of anilines is 1. The first-order valence-corrected chi connectivity index (χ1v) is 5.21. The second kappa shape index (κ2) is 3.42. The molecule has 0 heterocycles. The quantitative estimate of drug-likeness (QED) is 0.818. The second-order valence-corrected chi connectivity index (χ2v) is 4.44. The van der Waals surface area contributed by atoms with Gasteiger partial charge in [0.1, 0.15) is 5.75 Å². The molecular formula is C12H18N2O. The van der Waals surface area contributed by atoms with E-state index in [0.29, 0.717) is 0 Å². The summed E-state index contributed by atoms with van der Waals surface area (Å²) in [5.41, 5.74) is 8.38. The molecule has 1 aromatic rings. The van der Waals surface area contributed by atoms with Crippen LogP contribution in [-0.2, 0) is 5.54 Å². The molecule has 0 bridgehead atoms. The van der Waals surface area contributed by atoms with Gasteiger partial charge in [0, 0.05) is 30.9 Å². The molecule has 1 saturated carbocycles. The van der Waals surface area contributed by atoms with Crippen LogP contribution in [0.2, 0.25) is 0 Å². The van der Waals surface area contributed by atoms with Crippen LogP contribution in [0.15, 0.2) is 18.2 Å². The van der Waals surface area contributed by atoms with Crippen LogP contribution >= 0.6 is 0 Å². The highest BCUT2D eigenvalue weighted by Crippen LogP contribution is 2.47. The largest absolute Gasteiger partial charge is 0.496 e. The number of hydrogen-bond acceptors (Lipinski definition) is 3. The summed E-state index contributed by atoms with van der Waals surface area (Å²) < 4.78 is 5.35. The van der Waals surface area contributed by atoms with Gasteiger partial charge in [-0.15, -0.1) is 0 Å². The van der Waals surface area contributed by atoms with E-state index in [-0.39, 0.29) is 5.54 Å². The van der Waals surface area contributed by atoms with Crippen LogP contribution in [0, 0.1) is 0 Å². The third-order valence-corrected chi connectivity index (χ3v) is 3.02. The van der Waals surface area contributed by atoms with Crippen molar-refractivity contribution in [2.75, 3.05) is 26.1 Å². The van der Waals surface area contributed by atoms with Crippen molar-refractivity contribution in [3.8, 4) is 5.75 Å². The molecule has 0 radical (unpaired) electrons. The highest BCUT2D eigenvalue weighted by atomic mass is 16.5. The van der Waals surface area contributed by atoms with E-state index in [2.05, 4.69) is 11.0 Å². The SMILES string of the molecule is COc1ccc(N(C)C)cc1C1(N)CC1. The molecule has 0 spiro atoms. The summed E-state index contributed by atoms with van der Waals surface area (Å²) >= 11 is 0. The van der Waals surface area contributed by atoms with Gasteiger partial charge < -0.3 is 15.4 Å². The summed E-state index contributed by atoms with van der Waals surface area (Å²) in [7, 11) is 5.75. The van der Waals surface area contributed by atoms with Crippen LogP contribution in [0.1, 0.15) is 18.4 Å². The van der Waals surface area contributed by atoms with E-state index in [1.165, 1.54) is 5.69 Å². The minimum Gasteiger partial charge on any atom is -0.496 e. The van der Waals surface area contributed by atoms with E-state index in [1.807, 2.05) is 26.2 Å². The molecular weight excluding hydrogens is 188 g/mol. The molecule has 0 aromatic heterocycles. The number of nitrogens with zero attached hydrogens (tertiary/aromatic N) is 1. The molecule has 1 aromatic carbocycles. The lowest BCUT2D eigenvalue weighted by Crippen LogP contribution is -2.20. The van der Waals surface area contributed by atoms with Gasteiger partial charge in [-0.1, -0.05) is 0 Å². The Hall–Kier alpha value is -1.22. The molecule has 3 nitrogen and oxygen atoms in total. The minimum absolute atomic E-state index is 0.142. The van der Waals surface area contributed by atoms with Crippen molar-refractivity contribution in [2.24, 2.45) is 5.73 Å². The molecule has 82 valence electrons. The summed E-state index contributed by atoms with van der Waals surface area (Å²) in [6.45, 7) is 0. The van der Waals surface area contributed by atoms with Crippen molar-refractivity contribution < 1.29 is 4.74 Å². The van der Waals surface area contributed by atoms with E-state index >= 15 is 0 Å². The van der Waals surface area contributed by atoms with Gasteiger partial charge in [0.05, 0.1) is 7.11 Å². The van der Waals surface area contributed by atoms with Gasteiger partial charge in [-0.2, -0.15) is 0 Å². The molecule has 0 aliphatic heterocycles. The van der Waals surface area contributed by atoms with Gasteiger partial charge in [0.15, 0.2) is 0 Å². The van der Waals surface area contributed by atoms with Crippen molar-refractivity contribution in [2.45, 2.75) is 18.4 Å². The monoisotopic (exact) mass is 206 g/mol. The third kappa shape index (κ3) is 1.79. The normalized spacial score (nSPS) is 17.3. The second-order valence-electron chi connectivity index (χ2n) is 4.44. The van der Waals surface area contributed by atoms with Crippen LogP contribution in [0.5, 0.6) is 5.75 Å². The molecule has 3 heteroatoms. The maximum atomic E-state index is 6.21. The van der Waals surface area contributed by atoms with E-state index < -0.39 is 0 Å². The van der Waals surface area contributed by atoms with E-state index in [0.717, 1.165) is 24.2 Å². The molecule has 0 unspecified atom stereocenters. The van der Waals surface area contributed by atoms with Crippen LogP contribution in [0.4, 0.5) is 5.69 Å². The molecule has 2 rings (SSSR count). The van der Waals surface area contributed by atoms with Crippen molar-refractivity contribution in [3.63, 3.8) is 0 Å². The Morgan fingerprint density at radius 1 is 1.33 bits per heavy atom. The van der Waals surface area contributed by atoms with Crippen molar-refractivity contribution in [3.05, 3.63) is 23.8 Å². The molecule has 15 heavy (non-hydrogen) atoms. The highest BCUT2D eigenvalue weighted by molar-refractivity contribution is 5.55. The van der Waals surface area contributed by atoms with Gasteiger partial charge in [-0.05, 0) is 31.0 Å². The number of methoxy groups -OCH3 is 1. The summed E-state index contributed by atoms with van der Waals surface area (Å²) in [6, 6.07) is 6.18. The van der Waals surface area contributed by atoms with Crippen LogP contribution in [0.3, 0.4) is 0 Å². The zero-order valence-corrected chi connectivity index (χ0v) is 9.58. The zero-order chi connectivity index (χ0) is 11.1. The standard InChI is InChI=1S/C12H18N2O/c1-14(2)9-4-5-11(15-3)10(8-9)12(13)6-7-12/h4-5,8H,6-7,13H2,1-3H3. The predicted molar refractivity (Wildman–Crippen MR) is 62.4 cm³/mol. The van der Waals surface area contributed by atoms with Gasteiger partial charge in [0.25, 0.3) is 0 Å². The first-order chi connectivity index (χ1) is 7.07. The number of rotatable bonds is 3. The molecule has 0 saturated heterocycles. The average Bonchev–Trinajstić information content (AvgIpc) is 2.96. The topological polar surface area (TPSA) is 38.5 Å². The van der Waals surface area contributed by atoms with E-state index in [1.54, 1.807) is 7.11 Å². The minimum atomic E-state index is -0.142. The summed E-state index contributed by atoms with van der Waals surface area (Å²) in [5.74, 6) is 0.903. The summed E-state index contributed by atoms with van der Waals surface area (Å²) in [6.07, 6.45) is 2.11. The van der Waals surface area contributed by atoms with Crippen molar-refractivity contribution in [1.29, 1.82) is 0 Å². The van der Waals surface area contributed by atoms with Crippen molar-refractivity contribution >= 4 is 5.69 Å². The Kier molecular flexibility index (Phi) is 2.35. The Bertz CT molecular complexity index is 370. The first-order valence-electron chi connectivity index (χ1n) is 5.21.